The lowest BCUT2D eigenvalue weighted by molar-refractivity contribution is 0.181. The Balaban J connectivity index is 1.61. The van der Waals surface area contributed by atoms with Gasteiger partial charge in [0.25, 0.3) is 0 Å². The van der Waals surface area contributed by atoms with Gasteiger partial charge < -0.3 is 10.1 Å². The van der Waals surface area contributed by atoms with E-state index in [0.29, 0.717) is 12.6 Å². The highest BCUT2D eigenvalue weighted by Crippen LogP contribution is 2.23. The van der Waals surface area contributed by atoms with E-state index >= 15 is 0 Å². The zero-order valence-corrected chi connectivity index (χ0v) is 18.0. The van der Waals surface area contributed by atoms with Crippen LogP contribution in [0.25, 0.3) is 0 Å². The number of hydrogen-bond donors (Lipinski definition) is 1. The van der Waals surface area contributed by atoms with Gasteiger partial charge in [0.1, 0.15) is 11.6 Å². The highest BCUT2D eigenvalue weighted by atomic mass is 16.5. The van der Waals surface area contributed by atoms with Crippen LogP contribution in [0.4, 0.5) is 5.82 Å². The first-order valence-electron chi connectivity index (χ1n) is 10.3. The first kappa shape index (κ1) is 20.7. The fraction of sp³-hybridized carbons (Fsp3) is 0.565. The molecule has 0 unspecified atom stereocenters. The minimum absolute atomic E-state index is 0.0862. The third-order valence-corrected chi connectivity index (χ3v) is 5.34. The van der Waals surface area contributed by atoms with Gasteiger partial charge in [-0.05, 0) is 30.9 Å². The van der Waals surface area contributed by atoms with Crippen LogP contribution in [0.1, 0.15) is 56.3 Å². The molecule has 28 heavy (non-hydrogen) atoms. The summed E-state index contributed by atoms with van der Waals surface area (Å²) in [6.07, 6.45) is 2.25. The highest BCUT2D eigenvalue weighted by Gasteiger charge is 2.22. The van der Waals surface area contributed by atoms with Gasteiger partial charge in [-0.3, -0.25) is 4.90 Å². The fourth-order valence-electron chi connectivity index (χ4n) is 3.60. The van der Waals surface area contributed by atoms with E-state index in [1.54, 1.807) is 7.11 Å². The molecule has 2 heterocycles. The second-order valence-corrected chi connectivity index (χ2v) is 8.87. The van der Waals surface area contributed by atoms with E-state index in [2.05, 4.69) is 67.2 Å². The molecule has 0 aliphatic carbocycles. The van der Waals surface area contributed by atoms with Crippen molar-refractivity contribution in [1.82, 2.24) is 14.9 Å². The summed E-state index contributed by atoms with van der Waals surface area (Å²) in [6, 6.07) is 11.2. The number of aryl methyl sites for hydroxylation is 1. The van der Waals surface area contributed by atoms with Crippen LogP contribution >= 0.6 is 0 Å². The van der Waals surface area contributed by atoms with Crippen molar-refractivity contribution in [2.45, 2.75) is 65.1 Å². The quantitative estimate of drug-likeness (QED) is 0.807. The maximum Gasteiger partial charge on any atom is 0.136 e. The third kappa shape index (κ3) is 5.52. The predicted octanol–water partition coefficient (Wildman–Crippen LogP) is 4.31. The van der Waals surface area contributed by atoms with Gasteiger partial charge in [0.05, 0.1) is 12.3 Å². The molecule has 0 spiro atoms. The number of nitrogens with zero attached hydrogens (tertiary/aromatic N) is 3. The molecular formula is C23H34N4O. The van der Waals surface area contributed by atoms with E-state index in [4.69, 9.17) is 9.72 Å². The Morgan fingerprint density at radius 3 is 2.50 bits per heavy atom. The minimum Gasteiger partial charge on any atom is -0.378 e. The summed E-state index contributed by atoms with van der Waals surface area (Å²) in [4.78, 5) is 12.0. The molecule has 5 heteroatoms. The van der Waals surface area contributed by atoms with Crippen LogP contribution in [0.5, 0.6) is 0 Å². The van der Waals surface area contributed by atoms with Crippen LogP contribution in [0, 0.1) is 6.92 Å². The van der Waals surface area contributed by atoms with Crippen molar-refractivity contribution >= 4 is 5.82 Å². The van der Waals surface area contributed by atoms with E-state index in [9.17, 15) is 0 Å². The lowest BCUT2D eigenvalue weighted by atomic mass is 9.95. The number of anilines is 1. The molecule has 152 valence electrons. The number of rotatable bonds is 6. The molecule has 1 fully saturated rings. The largest absolute Gasteiger partial charge is 0.378 e. The molecular weight excluding hydrogens is 348 g/mol. The molecule has 5 nitrogen and oxygen atoms in total. The molecule has 1 aliphatic heterocycles. The van der Waals surface area contributed by atoms with Crippen LogP contribution in [0.15, 0.2) is 30.3 Å². The molecule has 0 atom stereocenters. The summed E-state index contributed by atoms with van der Waals surface area (Å²) >= 11 is 0. The number of aromatic nitrogens is 2. The van der Waals surface area contributed by atoms with Gasteiger partial charge in [-0.25, -0.2) is 9.97 Å². The molecule has 1 saturated heterocycles. The number of benzene rings is 1. The molecule has 1 N–H and O–H groups in total. The van der Waals surface area contributed by atoms with Crippen LogP contribution < -0.4 is 5.32 Å². The van der Waals surface area contributed by atoms with E-state index in [1.807, 2.05) is 6.07 Å². The highest BCUT2D eigenvalue weighted by molar-refractivity contribution is 5.38. The SMILES string of the molecule is COCc1cc(NC2CCN(Cc3ccccc3C)CC2)nc(C(C)(C)C)n1. The van der Waals surface area contributed by atoms with Crippen molar-refractivity contribution in [3.05, 3.63) is 53.0 Å². The van der Waals surface area contributed by atoms with Crippen molar-refractivity contribution in [1.29, 1.82) is 0 Å². The molecule has 1 aromatic heterocycles. The van der Waals surface area contributed by atoms with E-state index in [0.717, 1.165) is 49.8 Å². The first-order chi connectivity index (χ1) is 13.3. The molecule has 2 aromatic rings. The van der Waals surface area contributed by atoms with Gasteiger partial charge in [0.15, 0.2) is 0 Å². The van der Waals surface area contributed by atoms with E-state index < -0.39 is 0 Å². The Labute approximate surface area is 169 Å². The summed E-state index contributed by atoms with van der Waals surface area (Å²) in [5.74, 6) is 1.78. The summed E-state index contributed by atoms with van der Waals surface area (Å²) < 4.78 is 5.30. The van der Waals surface area contributed by atoms with E-state index in [-0.39, 0.29) is 5.41 Å². The zero-order valence-electron chi connectivity index (χ0n) is 18.0. The van der Waals surface area contributed by atoms with Gasteiger partial charge in [0, 0.05) is 44.3 Å². The van der Waals surface area contributed by atoms with Gasteiger partial charge in [-0.2, -0.15) is 0 Å². The van der Waals surface area contributed by atoms with Gasteiger partial charge in [-0.15, -0.1) is 0 Å². The lowest BCUT2D eigenvalue weighted by Gasteiger charge is -2.33. The van der Waals surface area contributed by atoms with Gasteiger partial charge >= 0.3 is 0 Å². The molecule has 0 amide bonds. The molecule has 3 rings (SSSR count). The maximum absolute atomic E-state index is 5.30. The lowest BCUT2D eigenvalue weighted by Crippen LogP contribution is -2.39. The molecule has 0 saturated carbocycles. The van der Waals surface area contributed by atoms with Crippen LogP contribution in [-0.4, -0.2) is 41.1 Å². The number of nitrogens with one attached hydrogen (secondary N) is 1. The van der Waals surface area contributed by atoms with Crippen molar-refractivity contribution in [3.8, 4) is 0 Å². The summed E-state index contributed by atoms with van der Waals surface area (Å²) in [7, 11) is 1.70. The van der Waals surface area contributed by atoms with E-state index in [1.165, 1.54) is 11.1 Å². The molecule has 0 radical (unpaired) electrons. The van der Waals surface area contributed by atoms with Crippen molar-refractivity contribution in [2.75, 3.05) is 25.5 Å². The Bertz CT molecular complexity index is 776. The normalized spacial score (nSPS) is 16.3. The Morgan fingerprint density at radius 2 is 1.86 bits per heavy atom. The number of likely N-dealkylation sites (tertiary alicyclic amines) is 1. The maximum atomic E-state index is 5.30. The first-order valence-corrected chi connectivity index (χ1v) is 10.3. The topological polar surface area (TPSA) is 50.3 Å². The molecule has 0 bridgehead atoms. The van der Waals surface area contributed by atoms with Crippen LogP contribution in [-0.2, 0) is 23.3 Å². The Hall–Kier alpha value is -1.98. The van der Waals surface area contributed by atoms with Gasteiger partial charge in [0.2, 0.25) is 0 Å². The second-order valence-electron chi connectivity index (χ2n) is 8.87. The average Bonchev–Trinajstić information content (AvgIpc) is 2.65. The summed E-state index contributed by atoms with van der Waals surface area (Å²) in [6.45, 7) is 12.4. The number of piperidine rings is 1. The molecule has 1 aromatic carbocycles. The minimum atomic E-state index is -0.0862. The summed E-state index contributed by atoms with van der Waals surface area (Å²) in [5.41, 5.74) is 3.66. The predicted molar refractivity (Wildman–Crippen MR) is 115 cm³/mol. The number of ether oxygens (including phenoxy) is 1. The van der Waals surface area contributed by atoms with Crippen molar-refractivity contribution in [2.24, 2.45) is 0 Å². The second kappa shape index (κ2) is 9.01. The summed E-state index contributed by atoms with van der Waals surface area (Å²) in [5, 5.41) is 3.65. The Morgan fingerprint density at radius 1 is 1.14 bits per heavy atom. The van der Waals surface area contributed by atoms with Crippen molar-refractivity contribution in [3.63, 3.8) is 0 Å². The fourth-order valence-corrected chi connectivity index (χ4v) is 3.60. The smallest absolute Gasteiger partial charge is 0.136 e. The average molecular weight is 383 g/mol. The third-order valence-electron chi connectivity index (χ3n) is 5.34. The molecule has 1 aliphatic rings. The number of methoxy groups -OCH3 is 1. The monoisotopic (exact) mass is 382 g/mol. The zero-order chi connectivity index (χ0) is 20.1. The van der Waals surface area contributed by atoms with Crippen molar-refractivity contribution < 1.29 is 4.74 Å². The van der Waals surface area contributed by atoms with Gasteiger partial charge in [-0.1, -0.05) is 45.0 Å². The number of hydrogen-bond acceptors (Lipinski definition) is 5. The van der Waals surface area contributed by atoms with Crippen LogP contribution in [0.2, 0.25) is 0 Å². The Kier molecular flexibility index (Phi) is 6.68. The van der Waals surface area contributed by atoms with Crippen LogP contribution in [0.3, 0.4) is 0 Å². The standard InChI is InChI=1S/C23H34N4O/c1-17-8-6-7-9-18(17)15-27-12-10-19(11-13-27)24-21-14-20(16-28-5)25-22(26-21)23(2,3)4/h6-9,14,19H,10-13,15-16H2,1-5H3,(H,24,25,26).